The smallest absolute Gasteiger partial charge is 0.213 e. The summed E-state index contributed by atoms with van der Waals surface area (Å²) in [5.74, 6) is 6.21. The van der Waals surface area contributed by atoms with Crippen LogP contribution in [0.3, 0.4) is 0 Å². The summed E-state index contributed by atoms with van der Waals surface area (Å²) in [5, 5.41) is 0. The van der Waals surface area contributed by atoms with Gasteiger partial charge in [0.2, 0.25) is 5.96 Å². The van der Waals surface area contributed by atoms with Crippen molar-refractivity contribution in [3.63, 3.8) is 0 Å². The van der Waals surface area contributed by atoms with Gasteiger partial charge in [-0.3, -0.25) is 5.43 Å². The highest BCUT2D eigenvalue weighted by Crippen LogP contribution is 2.13. The highest BCUT2D eigenvalue weighted by atomic mass is 15.4. The van der Waals surface area contributed by atoms with Gasteiger partial charge in [0.15, 0.2) is 0 Å². The molecule has 0 heterocycles. The van der Waals surface area contributed by atoms with E-state index >= 15 is 0 Å². The van der Waals surface area contributed by atoms with Crippen molar-refractivity contribution in [2.45, 2.75) is 26.8 Å². The van der Waals surface area contributed by atoms with Crippen LogP contribution in [0, 0.1) is 0 Å². The minimum Gasteiger partial charge on any atom is -0.312 e. The largest absolute Gasteiger partial charge is 0.312 e. The third-order valence-corrected chi connectivity index (χ3v) is 2.15. The zero-order valence-corrected chi connectivity index (χ0v) is 10.1. The van der Waals surface area contributed by atoms with E-state index in [-0.39, 0.29) is 6.04 Å². The first kappa shape index (κ1) is 12.5. The molecule has 0 aliphatic carbocycles. The Hall–Kier alpha value is -1.55. The predicted octanol–water partition coefficient (Wildman–Crippen LogP) is 1.74. The molecule has 0 bridgehead atoms. The number of aliphatic imine (C=N–C) groups is 1. The summed E-state index contributed by atoms with van der Waals surface area (Å²) in [6.45, 7) is 6.94. The van der Waals surface area contributed by atoms with Crippen molar-refractivity contribution in [2.24, 2.45) is 10.8 Å². The first-order chi connectivity index (χ1) is 7.69. The first-order valence-electron chi connectivity index (χ1n) is 5.56. The minimum absolute atomic E-state index is 0.212. The van der Waals surface area contributed by atoms with Gasteiger partial charge < -0.3 is 4.90 Å². The van der Waals surface area contributed by atoms with Crippen LogP contribution < -0.4 is 16.2 Å². The molecule has 0 atom stereocenters. The number of benzene rings is 1. The maximum atomic E-state index is 5.51. The third kappa shape index (κ3) is 3.24. The second kappa shape index (κ2) is 6.12. The minimum atomic E-state index is 0.212. The zero-order chi connectivity index (χ0) is 12.0. The molecule has 4 heteroatoms. The van der Waals surface area contributed by atoms with Crippen LogP contribution >= 0.6 is 0 Å². The summed E-state index contributed by atoms with van der Waals surface area (Å²) in [7, 11) is 0. The number of hydrogen-bond donors (Lipinski definition) is 2. The van der Waals surface area contributed by atoms with E-state index in [0.29, 0.717) is 5.96 Å². The Labute approximate surface area is 97.1 Å². The Balaban J connectivity index is 2.97. The average Bonchev–Trinajstić information content (AvgIpc) is 2.29. The van der Waals surface area contributed by atoms with Crippen LogP contribution in [0.15, 0.2) is 35.3 Å². The van der Waals surface area contributed by atoms with Gasteiger partial charge in [0.1, 0.15) is 0 Å². The van der Waals surface area contributed by atoms with E-state index in [4.69, 9.17) is 5.84 Å². The van der Waals surface area contributed by atoms with Crippen LogP contribution in [-0.2, 0) is 0 Å². The molecule has 0 spiro atoms. The van der Waals surface area contributed by atoms with Crippen LogP contribution in [0.5, 0.6) is 0 Å². The summed E-state index contributed by atoms with van der Waals surface area (Å²) in [6.07, 6.45) is 0. The number of nitrogens with one attached hydrogen (secondary N) is 1. The van der Waals surface area contributed by atoms with Gasteiger partial charge >= 0.3 is 0 Å². The molecule has 88 valence electrons. The molecule has 0 saturated carbocycles. The Morgan fingerprint density at radius 2 is 2.00 bits per heavy atom. The fourth-order valence-corrected chi connectivity index (χ4v) is 1.49. The predicted molar refractivity (Wildman–Crippen MR) is 69.4 cm³/mol. The molecule has 4 nitrogen and oxygen atoms in total. The highest BCUT2D eigenvalue weighted by Gasteiger charge is 2.10. The van der Waals surface area contributed by atoms with E-state index in [2.05, 4.69) is 17.3 Å². The lowest BCUT2D eigenvalue weighted by atomic mass is 10.3. The summed E-state index contributed by atoms with van der Waals surface area (Å²) >= 11 is 0. The number of anilines is 1. The van der Waals surface area contributed by atoms with E-state index in [9.17, 15) is 0 Å². The Bertz CT molecular complexity index is 332. The second-order valence-electron chi connectivity index (χ2n) is 3.77. The topological polar surface area (TPSA) is 53.6 Å². The molecule has 16 heavy (non-hydrogen) atoms. The van der Waals surface area contributed by atoms with Crippen molar-refractivity contribution >= 4 is 11.6 Å². The summed E-state index contributed by atoms with van der Waals surface area (Å²) in [6, 6.07) is 10.3. The molecular formula is C12H20N4. The van der Waals surface area contributed by atoms with Crippen LogP contribution in [0.2, 0.25) is 0 Å². The Morgan fingerprint density at radius 3 is 2.44 bits per heavy atom. The maximum Gasteiger partial charge on any atom is 0.213 e. The molecule has 1 aromatic carbocycles. The Kier molecular flexibility index (Phi) is 4.79. The van der Waals surface area contributed by atoms with E-state index < -0.39 is 0 Å². The molecule has 0 aromatic heterocycles. The van der Waals surface area contributed by atoms with Gasteiger partial charge in [0.05, 0.1) is 0 Å². The summed E-state index contributed by atoms with van der Waals surface area (Å²) in [4.78, 5) is 6.49. The van der Waals surface area contributed by atoms with Crippen LogP contribution in [-0.4, -0.2) is 18.5 Å². The molecular weight excluding hydrogens is 200 g/mol. The van der Waals surface area contributed by atoms with Gasteiger partial charge in [-0.15, -0.1) is 0 Å². The quantitative estimate of drug-likeness (QED) is 0.353. The van der Waals surface area contributed by atoms with Gasteiger partial charge in [-0.25, -0.2) is 10.8 Å². The number of rotatable bonds is 3. The van der Waals surface area contributed by atoms with Gasteiger partial charge in [0, 0.05) is 18.3 Å². The normalized spacial score (nSPS) is 11.7. The standard InChI is InChI=1S/C12H20N4/c1-4-16(11-8-6-5-7-9-11)12(15-13)14-10(2)3/h5-10H,4,13H2,1-3H3,(H,14,15). The summed E-state index contributed by atoms with van der Waals surface area (Å²) in [5.41, 5.74) is 3.74. The lowest BCUT2D eigenvalue weighted by molar-refractivity contribution is 0.802. The first-order valence-corrected chi connectivity index (χ1v) is 5.56. The van der Waals surface area contributed by atoms with Crippen molar-refractivity contribution in [3.8, 4) is 0 Å². The van der Waals surface area contributed by atoms with Gasteiger partial charge in [0.25, 0.3) is 0 Å². The average molecular weight is 220 g/mol. The zero-order valence-electron chi connectivity index (χ0n) is 10.1. The van der Waals surface area contributed by atoms with Crippen molar-refractivity contribution in [1.29, 1.82) is 0 Å². The molecule has 0 fully saturated rings. The van der Waals surface area contributed by atoms with Crippen LogP contribution in [0.1, 0.15) is 20.8 Å². The number of nitrogens with zero attached hydrogens (tertiary/aromatic N) is 2. The fraction of sp³-hybridized carbons (Fsp3) is 0.417. The van der Waals surface area contributed by atoms with Crippen molar-refractivity contribution < 1.29 is 0 Å². The van der Waals surface area contributed by atoms with Crippen molar-refractivity contribution in [3.05, 3.63) is 30.3 Å². The van der Waals surface area contributed by atoms with E-state index in [1.807, 2.05) is 49.1 Å². The van der Waals surface area contributed by atoms with Crippen LogP contribution in [0.4, 0.5) is 5.69 Å². The maximum absolute atomic E-state index is 5.51. The van der Waals surface area contributed by atoms with Gasteiger partial charge in [-0.05, 0) is 32.9 Å². The Morgan fingerprint density at radius 1 is 1.38 bits per heavy atom. The number of hydrazine groups is 1. The van der Waals surface area contributed by atoms with Crippen molar-refractivity contribution in [1.82, 2.24) is 5.43 Å². The number of guanidine groups is 1. The molecule has 0 amide bonds. The molecule has 0 saturated heterocycles. The third-order valence-electron chi connectivity index (χ3n) is 2.15. The number of hydrogen-bond acceptors (Lipinski definition) is 2. The number of nitrogens with two attached hydrogens (primary N) is 1. The van der Waals surface area contributed by atoms with E-state index in [1.165, 1.54) is 0 Å². The fourth-order valence-electron chi connectivity index (χ4n) is 1.49. The van der Waals surface area contributed by atoms with E-state index in [1.54, 1.807) is 0 Å². The summed E-state index contributed by atoms with van der Waals surface area (Å²) < 4.78 is 0. The second-order valence-corrected chi connectivity index (χ2v) is 3.77. The SMILES string of the molecule is CCN(C(=NC(C)C)NN)c1ccccc1. The lowest BCUT2D eigenvalue weighted by Crippen LogP contribution is -2.45. The molecule has 0 unspecified atom stereocenters. The van der Waals surface area contributed by atoms with E-state index in [0.717, 1.165) is 12.2 Å². The molecule has 0 aliphatic heterocycles. The van der Waals surface area contributed by atoms with Gasteiger partial charge in [-0.2, -0.15) is 0 Å². The molecule has 3 N–H and O–H groups in total. The van der Waals surface area contributed by atoms with Gasteiger partial charge in [-0.1, -0.05) is 18.2 Å². The monoisotopic (exact) mass is 220 g/mol. The molecule has 1 aromatic rings. The molecule has 0 aliphatic rings. The molecule has 1 rings (SSSR count). The number of para-hydroxylation sites is 1. The van der Waals surface area contributed by atoms with Crippen LogP contribution in [0.25, 0.3) is 0 Å². The highest BCUT2D eigenvalue weighted by molar-refractivity contribution is 5.95. The van der Waals surface area contributed by atoms with Crippen molar-refractivity contribution in [2.75, 3.05) is 11.4 Å². The lowest BCUT2D eigenvalue weighted by Gasteiger charge is -2.24. The molecule has 0 radical (unpaired) electrons.